The minimum atomic E-state index is -4.51. The van der Waals surface area contributed by atoms with Crippen LogP contribution >= 0.6 is 0 Å². The first-order chi connectivity index (χ1) is 9.82. The summed E-state index contributed by atoms with van der Waals surface area (Å²) in [5, 5.41) is 7.52. The molecule has 4 nitrogen and oxygen atoms in total. The molecule has 0 aliphatic rings. The maximum Gasteiger partial charge on any atom is 0.419 e. The summed E-state index contributed by atoms with van der Waals surface area (Å²) < 4.78 is 39.1. The van der Waals surface area contributed by atoms with Crippen LogP contribution in [-0.2, 0) is 6.18 Å². The van der Waals surface area contributed by atoms with Gasteiger partial charge in [0.15, 0.2) is 0 Å². The Morgan fingerprint density at radius 3 is 2.48 bits per heavy atom. The number of halogens is 3. The van der Waals surface area contributed by atoms with Crippen molar-refractivity contribution in [3.8, 4) is 0 Å². The summed E-state index contributed by atoms with van der Waals surface area (Å²) in [5.41, 5.74) is 5.36. The molecular formula is C14H13F3N4. The maximum absolute atomic E-state index is 13.0. The summed E-state index contributed by atoms with van der Waals surface area (Å²) >= 11 is 0. The number of benzene rings is 1. The van der Waals surface area contributed by atoms with Crippen LogP contribution in [0.4, 0.5) is 24.7 Å². The summed E-state index contributed by atoms with van der Waals surface area (Å²) in [5.74, 6) is -0.458. The van der Waals surface area contributed by atoms with Gasteiger partial charge in [0.25, 0.3) is 0 Å². The van der Waals surface area contributed by atoms with Gasteiger partial charge in [-0.15, -0.1) is 0 Å². The standard InChI is InChI=1S/C14H13F3N4/c1-21(11-7-3-2-5-9(11)12(18)19)13-10(14(15,16)17)6-4-8-20-13/h2-8H,1H3,(H3,18,19). The Hall–Kier alpha value is -2.57. The second-order valence-corrected chi connectivity index (χ2v) is 4.36. The van der Waals surface area contributed by atoms with E-state index in [0.29, 0.717) is 11.3 Å². The molecule has 0 amide bonds. The van der Waals surface area contributed by atoms with Gasteiger partial charge in [-0.1, -0.05) is 12.1 Å². The number of alkyl halides is 3. The fourth-order valence-electron chi connectivity index (χ4n) is 1.99. The number of nitrogen functional groups attached to an aromatic ring is 1. The molecule has 1 aromatic carbocycles. The topological polar surface area (TPSA) is 66.0 Å². The molecule has 7 heteroatoms. The minimum absolute atomic E-state index is 0.220. The van der Waals surface area contributed by atoms with Crippen molar-refractivity contribution in [1.82, 2.24) is 4.98 Å². The SMILES string of the molecule is CN(c1ccccc1C(=N)N)c1ncccc1C(F)(F)F. The van der Waals surface area contributed by atoms with E-state index in [1.807, 2.05) is 0 Å². The highest BCUT2D eigenvalue weighted by molar-refractivity contribution is 6.01. The van der Waals surface area contributed by atoms with E-state index in [0.717, 1.165) is 6.07 Å². The first-order valence-corrected chi connectivity index (χ1v) is 6.01. The number of para-hydroxylation sites is 1. The second kappa shape index (κ2) is 5.43. The number of hydrogen-bond acceptors (Lipinski definition) is 3. The van der Waals surface area contributed by atoms with Gasteiger partial charge >= 0.3 is 6.18 Å². The smallest absolute Gasteiger partial charge is 0.384 e. The zero-order valence-electron chi connectivity index (χ0n) is 11.1. The average Bonchev–Trinajstić information content (AvgIpc) is 2.45. The Labute approximate surface area is 119 Å². The molecule has 3 N–H and O–H groups in total. The maximum atomic E-state index is 13.0. The van der Waals surface area contributed by atoms with Gasteiger partial charge in [0.2, 0.25) is 0 Å². The van der Waals surface area contributed by atoms with Crippen LogP contribution in [0.3, 0.4) is 0 Å². The van der Waals surface area contributed by atoms with Gasteiger partial charge in [0.05, 0.1) is 11.3 Å². The molecule has 110 valence electrons. The van der Waals surface area contributed by atoms with E-state index >= 15 is 0 Å². The third-order valence-electron chi connectivity index (χ3n) is 2.97. The number of pyridine rings is 1. The van der Waals surface area contributed by atoms with Crippen molar-refractivity contribution in [1.29, 1.82) is 5.41 Å². The fraction of sp³-hybridized carbons (Fsp3) is 0.143. The van der Waals surface area contributed by atoms with Gasteiger partial charge in [-0.05, 0) is 24.3 Å². The normalized spacial score (nSPS) is 11.2. The summed E-state index contributed by atoms with van der Waals surface area (Å²) in [6, 6.07) is 8.69. The Balaban J connectivity index is 2.56. The highest BCUT2D eigenvalue weighted by Crippen LogP contribution is 2.37. The lowest BCUT2D eigenvalue weighted by atomic mass is 10.1. The zero-order chi connectivity index (χ0) is 15.6. The summed E-state index contributed by atoms with van der Waals surface area (Å²) in [7, 11) is 1.46. The Morgan fingerprint density at radius 1 is 1.19 bits per heavy atom. The van der Waals surface area contributed by atoms with Crippen LogP contribution < -0.4 is 10.6 Å². The minimum Gasteiger partial charge on any atom is -0.384 e. The third-order valence-corrected chi connectivity index (χ3v) is 2.97. The molecule has 0 fully saturated rings. The number of nitrogens with zero attached hydrogens (tertiary/aromatic N) is 2. The van der Waals surface area contributed by atoms with Crippen molar-refractivity contribution in [2.24, 2.45) is 5.73 Å². The number of nitrogens with two attached hydrogens (primary N) is 1. The molecule has 21 heavy (non-hydrogen) atoms. The fourth-order valence-corrected chi connectivity index (χ4v) is 1.99. The Morgan fingerprint density at radius 2 is 1.86 bits per heavy atom. The van der Waals surface area contributed by atoms with E-state index in [-0.39, 0.29) is 11.7 Å². The van der Waals surface area contributed by atoms with Crippen molar-refractivity contribution in [3.05, 3.63) is 53.7 Å². The van der Waals surface area contributed by atoms with Crippen molar-refractivity contribution in [2.45, 2.75) is 6.18 Å². The quantitative estimate of drug-likeness (QED) is 0.675. The molecule has 2 rings (SSSR count). The van der Waals surface area contributed by atoms with Gasteiger partial charge < -0.3 is 10.6 Å². The van der Waals surface area contributed by atoms with E-state index < -0.39 is 11.7 Å². The molecule has 0 unspecified atom stereocenters. The zero-order valence-corrected chi connectivity index (χ0v) is 11.1. The van der Waals surface area contributed by atoms with E-state index in [1.165, 1.54) is 24.2 Å². The molecule has 0 bridgehead atoms. The van der Waals surface area contributed by atoms with Crippen molar-refractivity contribution in [2.75, 3.05) is 11.9 Å². The Kier molecular flexibility index (Phi) is 3.84. The van der Waals surface area contributed by atoms with Crippen molar-refractivity contribution in [3.63, 3.8) is 0 Å². The highest BCUT2D eigenvalue weighted by atomic mass is 19.4. The summed E-state index contributed by atoms with van der Waals surface area (Å²) in [6.07, 6.45) is -3.22. The molecular weight excluding hydrogens is 281 g/mol. The molecule has 0 radical (unpaired) electrons. The van der Waals surface area contributed by atoms with Gasteiger partial charge in [-0.2, -0.15) is 13.2 Å². The molecule has 0 aliphatic carbocycles. The lowest BCUT2D eigenvalue weighted by Gasteiger charge is -2.24. The number of aromatic nitrogens is 1. The van der Waals surface area contributed by atoms with Gasteiger partial charge in [0.1, 0.15) is 11.7 Å². The first kappa shape index (κ1) is 14.8. The van der Waals surface area contributed by atoms with E-state index in [2.05, 4.69) is 4.98 Å². The van der Waals surface area contributed by atoms with E-state index in [1.54, 1.807) is 24.3 Å². The summed E-state index contributed by atoms with van der Waals surface area (Å²) in [6.45, 7) is 0. The number of hydrogen-bond donors (Lipinski definition) is 2. The molecule has 0 spiro atoms. The third kappa shape index (κ3) is 2.96. The van der Waals surface area contributed by atoms with Crippen LogP contribution in [0.15, 0.2) is 42.6 Å². The van der Waals surface area contributed by atoms with Crippen LogP contribution in [0.1, 0.15) is 11.1 Å². The molecule has 1 aromatic heterocycles. The average molecular weight is 294 g/mol. The van der Waals surface area contributed by atoms with Gasteiger partial charge in [-0.3, -0.25) is 5.41 Å². The predicted octanol–water partition coefficient (Wildman–Crippen LogP) is 3.15. The number of amidine groups is 1. The molecule has 0 aliphatic heterocycles. The van der Waals surface area contributed by atoms with Gasteiger partial charge in [0, 0.05) is 18.8 Å². The van der Waals surface area contributed by atoms with Crippen LogP contribution in [0.5, 0.6) is 0 Å². The first-order valence-electron chi connectivity index (χ1n) is 6.01. The largest absolute Gasteiger partial charge is 0.419 e. The van der Waals surface area contributed by atoms with Crippen molar-refractivity contribution < 1.29 is 13.2 Å². The molecule has 0 saturated heterocycles. The second-order valence-electron chi connectivity index (χ2n) is 4.36. The van der Waals surface area contributed by atoms with E-state index in [4.69, 9.17) is 11.1 Å². The number of rotatable bonds is 3. The molecule has 2 aromatic rings. The van der Waals surface area contributed by atoms with Crippen molar-refractivity contribution >= 4 is 17.3 Å². The Bertz CT molecular complexity index is 667. The van der Waals surface area contributed by atoms with Crippen LogP contribution in [-0.4, -0.2) is 17.9 Å². The number of nitrogens with one attached hydrogen (secondary N) is 1. The summed E-state index contributed by atoms with van der Waals surface area (Å²) in [4.78, 5) is 5.09. The van der Waals surface area contributed by atoms with Gasteiger partial charge in [-0.25, -0.2) is 4.98 Å². The monoisotopic (exact) mass is 294 g/mol. The molecule has 1 heterocycles. The molecule has 0 atom stereocenters. The lowest BCUT2D eigenvalue weighted by Crippen LogP contribution is -2.22. The lowest BCUT2D eigenvalue weighted by molar-refractivity contribution is -0.137. The van der Waals surface area contributed by atoms with Crippen LogP contribution in [0.25, 0.3) is 0 Å². The predicted molar refractivity (Wildman–Crippen MR) is 74.8 cm³/mol. The highest BCUT2D eigenvalue weighted by Gasteiger charge is 2.35. The molecule has 0 saturated carbocycles. The van der Waals surface area contributed by atoms with Crippen LogP contribution in [0, 0.1) is 5.41 Å². The van der Waals surface area contributed by atoms with E-state index in [9.17, 15) is 13.2 Å². The number of anilines is 2. The van der Waals surface area contributed by atoms with Crippen LogP contribution in [0.2, 0.25) is 0 Å².